The lowest BCUT2D eigenvalue weighted by atomic mass is 10.1. The molecule has 9 nitrogen and oxygen atoms in total. The van der Waals surface area contributed by atoms with Crippen LogP contribution in [-0.2, 0) is 15.0 Å². The molecule has 0 amide bonds. The number of imidazole rings is 1. The highest BCUT2D eigenvalue weighted by molar-refractivity contribution is 6.99. The Hall–Kier alpha value is -3.15. The molecule has 1 aliphatic rings. The zero-order valence-corrected chi connectivity index (χ0v) is 22.7. The smallest absolute Gasteiger partial charge is 0.261 e. The van der Waals surface area contributed by atoms with Crippen molar-refractivity contribution in [2.75, 3.05) is 20.3 Å². The molecule has 5 rings (SSSR count). The van der Waals surface area contributed by atoms with Crippen molar-refractivity contribution in [3.8, 4) is 0 Å². The minimum atomic E-state index is -2.73. The monoisotopic (exact) mass is 518 g/mol. The summed E-state index contributed by atoms with van der Waals surface area (Å²) in [5.41, 5.74) is -0.0724. The number of benzene rings is 2. The molecule has 1 fully saturated rings. The van der Waals surface area contributed by atoms with Crippen molar-refractivity contribution in [2.45, 2.75) is 44.0 Å². The van der Waals surface area contributed by atoms with E-state index in [-0.39, 0.29) is 23.2 Å². The number of H-pyrrole nitrogens is 1. The van der Waals surface area contributed by atoms with Gasteiger partial charge in [-0.25, -0.2) is 9.97 Å². The number of fused-ring (bicyclic) bond motifs is 1. The van der Waals surface area contributed by atoms with Crippen LogP contribution in [0.25, 0.3) is 11.2 Å². The van der Waals surface area contributed by atoms with Gasteiger partial charge >= 0.3 is 0 Å². The van der Waals surface area contributed by atoms with Gasteiger partial charge in [0.1, 0.15) is 11.8 Å². The van der Waals surface area contributed by atoms with Gasteiger partial charge in [-0.1, -0.05) is 81.4 Å². The molecule has 3 heterocycles. The second-order valence-corrected chi connectivity index (χ2v) is 14.9. The number of hydroxylamine groups is 2. The number of hydrogen-bond donors (Lipinski definition) is 3. The fraction of sp³-hybridized carbons (Fsp3) is 0.370. The summed E-state index contributed by atoms with van der Waals surface area (Å²) in [5, 5.41) is 23.2. The van der Waals surface area contributed by atoms with Crippen molar-refractivity contribution in [3.05, 3.63) is 78.8 Å². The van der Waals surface area contributed by atoms with Crippen molar-refractivity contribution in [2.24, 2.45) is 0 Å². The van der Waals surface area contributed by atoms with E-state index in [1.807, 2.05) is 19.2 Å². The van der Waals surface area contributed by atoms with Crippen molar-refractivity contribution in [3.63, 3.8) is 0 Å². The molecule has 2 aromatic heterocycles. The van der Waals surface area contributed by atoms with Gasteiger partial charge in [0.05, 0.1) is 25.6 Å². The van der Waals surface area contributed by atoms with Crippen LogP contribution < -0.4 is 15.9 Å². The first-order valence-corrected chi connectivity index (χ1v) is 14.4. The Morgan fingerprint density at radius 2 is 1.73 bits per heavy atom. The molecule has 0 radical (unpaired) electrons. The van der Waals surface area contributed by atoms with Crippen LogP contribution in [0.1, 0.15) is 27.2 Å². The van der Waals surface area contributed by atoms with E-state index in [9.17, 15) is 5.11 Å². The average molecular weight is 519 g/mol. The Balaban J connectivity index is 1.50. The molecule has 4 aromatic rings. The molecular weight excluding hydrogens is 484 g/mol. The number of aliphatic hydroxyl groups excluding tert-OH is 1. The van der Waals surface area contributed by atoms with Crippen LogP contribution in [0.2, 0.25) is 5.04 Å². The van der Waals surface area contributed by atoms with Crippen molar-refractivity contribution >= 4 is 29.9 Å². The third kappa shape index (κ3) is 4.24. The number of nitrogens with one attached hydrogen (secondary N) is 2. The number of likely N-dealkylation sites (N-methyl/N-ethyl adjacent to an activating group) is 1. The summed E-state index contributed by atoms with van der Waals surface area (Å²) < 4.78 is 8.71. The Labute approximate surface area is 217 Å². The van der Waals surface area contributed by atoms with Gasteiger partial charge in [-0.15, -0.1) is 0 Å². The largest absolute Gasteiger partial charge is 0.406 e. The van der Waals surface area contributed by atoms with Gasteiger partial charge in [0.25, 0.3) is 8.32 Å². The van der Waals surface area contributed by atoms with E-state index in [2.05, 4.69) is 84.3 Å². The standard InChI is InChI=1S/C27H34N6O3Si/c1-26(2,3)37(21-11-7-5-8-12-21,22-13-9-6-10-14-22)35-16-20-15-27(17-34,36-32(20)4)33-19-31-25-23(24(33)28)29-18-30-25/h5-14,18-20,28,34H,15-17H2,1-4H3,(H,29,30)/t20-,27-/m0/s1. The molecule has 194 valence electrons. The summed E-state index contributed by atoms with van der Waals surface area (Å²) in [5.74, 6) is 0. The van der Waals surface area contributed by atoms with Crippen molar-refractivity contribution in [1.82, 2.24) is 24.6 Å². The predicted octanol–water partition coefficient (Wildman–Crippen LogP) is 2.10. The van der Waals surface area contributed by atoms with E-state index in [4.69, 9.17) is 14.7 Å². The summed E-state index contributed by atoms with van der Waals surface area (Å²) in [6.07, 6.45) is 3.45. The van der Waals surface area contributed by atoms with E-state index in [1.165, 1.54) is 23.0 Å². The maximum absolute atomic E-state index is 10.5. The molecule has 1 saturated heterocycles. The van der Waals surface area contributed by atoms with Crippen LogP contribution in [0.3, 0.4) is 0 Å². The zero-order chi connectivity index (χ0) is 26.3. The summed E-state index contributed by atoms with van der Waals surface area (Å²) in [6.45, 7) is 6.84. The van der Waals surface area contributed by atoms with Gasteiger partial charge in [-0.2, -0.15) is 5.06 Å². The van der Waals surface area contributed by atoms with Crippen molar-refractivity contribution in [1.29, 1.82) is 5.41 Å². The quantitative estimate of drug-likeness (QED) is 0.323. The van der Waals surface area contributed by atoms with Crippen LogP contribution in [0.15, 0.2) is 73.3 Å². The molecular formula is C27H34N6O3Si. The molecule has 0 spiro atoms. The van der Waals surface area contributed by atoms with Crippen LogP contribution >= 0.6 is 0 Å². The minimum absolute atomic E-state index is 0.151. The number of aliphatic hydroxyl groups is 1. The zero-order valence-electron chi connectivity index (χ0n) is 21.7. The molecule has 3 N–H and O–H groups in total. The van der Waals surface area contributed by atoms with E-state index >= 15 is 0 Å². The SMILES string of the molecule is CN1O[C@@](CO)(n2cnc3nc[nH]c3c2=N)C[C@H]1CO[Si](c1ccccc1)(c1ccccc1)C(C)(C)C. The summed E-state index contributed by atoms with van der Waals surface area (Å²) in [4.78, 5) is 17.7. The molecule has 10 heteroatoms. The summed E-state index contributed by atoms with van der Waals surface area (Å²) >= 11 is 0. The van der Waals surface area contributed by atoms with Gasteiger partial charge in [0.2, 0.25) is 0 Å². The van der Waals surface area contributed by atoms with Gasteiger partial charge < -0.3 is 14.5 Å². The molecule has 0 aliphatic carbocycles. The molecule has 1 aliphatic heterocycles. The number of hydrogen-bond acceptors (Lipinski definition) is 7. The van der Waals surface area contributed by atoms with Gasteiger partial charge in [-0.05, 0) is 15.4 Å². The third-order valence-corrected chi connectivity index (χ3v) is 12.4. The van der Waals surface area contributed by atoms with Crippen LogP contribution in [0.4, 0.5) is 0 Å². The number of aromatic amines is 1. The normalized spacial score (nSPS) is 21.1. The van der Waals surface area contributed by atoms with E-state index in [0.29, 0.717) is 24.2 Å². The van der Waals surface area contributed by atoms with Gasteiger partial charge in [0, 0.05) is 13.5 Å². The lowest BCUT2D eigenvalue weighted by Gasteiger charge is -2.43. The predicted molar refractivity (Wildman–Crippen MR) is 144 cm³/mol. The Bertz CT molecular complexity index is 1380. The van der Waals surface area contributed by atoms with E-state index < -0.39 is 14.0 Å². The van der Waals surface area contributed by atoms with Gasteiger partial charge in [0.15, 0.2) is 16.9 Å². The second-order valence-electron chi connectivity index (χ2n) is 10.6. The Morgan fingerprint density at radius 1 is 1.11 bits per heavy atom. The molecule has 37 heavy (non-hydrogen) atoms. The topological polar surface area (TPSA) is 112 Å². The summed E-state index contributed by atoms with van der Waals surface area (Å²) in [6, 6.07) is 20.9. The maximum atomic E-state index is 10.5. The highest BCUT2D eigenvalue weighted by Gasteiger charge is 2.52. The number of nitrogens with zero attached hydrogens (tertiary/aromatic N) is 4. The Kier molecular flexibility index (Phi) is 6.63. The fourth-order valence-corrected chi connectivity index (χ4v) is 10.1. The Morgan fingerprint density at radius 3 is 2.30 bits per heavy atom. The molecule has 2 aromatic carbocycles. The van der Waals surface area contributed by atoms with Crippen LogP contribution in [0, 0.1) is 5.41 Å². The molecule has 0 bridgehead atoms. The lowest BCUT2D eigenvalue weighted by molar-refractivity contribution is -0.240. The first-order chi connectivity index (χ1) is 17.7. The minimum Gasteiger partial charge on any atom is -0.406 e. The lowest BCUT2D eigenvalue weighted by Crippen LogP contribution is -2.67. The summed E-state index contributed by atoms with van der Waals surface area (Å²) in [7, 11) is -0.884. The van der Waals surface area contributed by atoms with Crippen molar-refractivity contribution < 1.29 is 14.4 Å². The number of aromatic nitrogens is 4. The highest BCUT2D eigenvalue weighted by atomic mass is 28.4. The van der Waals surface area contributed by atoms with Crippen LogP contribution in [-0.4, -0.2) is 64.3 Å². The van der Waals surface area contributed by atoms with E-state index in [0.717, 1.165) is 0 Å². The first-order valence-electron chi connectivity index (χ1n) is 12.5. The molecule has 2 atom stereocenters. The second kappa shape index (κ2) is 9.62. The molecule has 0 unspecified atom stereocenters. The highest BCUT2D eigenvalue weighted by Crippen LogP contribution is 2.39. The van der Waals surface area contributed by atoms with E-state index in [1.54, 1.807) is 9.63 Å². The molecule has 0 saturated carbocycles. The number of rotatable bonds is 7. The van der Waals surface area contributed by atoms with Gasteiger partial charge in [-0.3, -0.25) is 14.8 Å². The third-order valence-electron chi connectivity index (χ3n) is 7.37. The van der Waals surface area contributed by atoms with Crippen LogP contribution in [0.5, 0.6) is 0 Å². The first kappa shape index (κ1) is 25.5. The average Bonchev–Trinajstić information content (AvgIpc) is 3.50. The fourth-order valence-electron chi connectivity index (χ4n) is 5.49. The maximum Gasteiger partial charge on any atom is 0.261 e.